The smallest absolute Gasteiger partial charge is 0.155 e. The quantitative estimate of drug-likeness (QED) is 0.926. The molecule has 3 fully saturated rings. The number of rotatable bonds is 3. The third-order valence-corrected chi connectivity index (χ3v) is 5.05. The molecule has 0 aromatic carbocycles. The summed E-state index contributed by atoms with van der Waals surface area (Å²) in [4.78, 5) is 11.2. The van der Waals surface area contributed by atoms with Gasteiger partial charge in [-0.2, -0.15) is 0 Å². The molecule has 2 aromatic rings. The summed E-state index contributed by atoms with van der Waals surface area (Å²) in [6, 6.07) is 0.633. The van der Waals surface area contributed by atoms with Gasteiger partial charge in [0.15, 0.2) is 5.65 Å². The Balaban J connectivity index is 1.49. The van der Waals surface area contributed by atoms with Gasteiger partial charge in [-0.05, 0) is 47.8 Å². The number of halogens is 1. The van der Waals surface area contributed by atoms with E-state index in [1.54, 1.807) is 6.20 Å². The predicted molar refractivity (Wildman–Crippen MR) is 80.5 cm³/mol. The molecular weight excluding hydrogens is 318 g/mol. The van der Waals surface area contributed by atoms with Gasteiger partial charge in [0.25, 0.3) is 0 Å². The van der Waals surface area contributed by atoms with Gasteiger partial charge in [0.05, 0.1) is 18.1 Å². The van der Waals surface area contributed by atoms with Crippen LogP contribution in [-0.2, 0) is 6.54 Å². The zero-order chi connectivity index (χ0) is 13.5. The van der Waals surface area contributed by atoms with E-state index < -0.39 is 0 Å². The first kappa shape index (κ1) is 12.7. The van der Waals surface area contributed by atoms with E-state index in [0.717, 1.165) is 22.7 Å². The lowest BCUT2D eigenvalue weighted by Gasteiger charge is -2.45. The van der Waals surface area contributed by atoms with Crippen molar-refractivity contribution in [3.05, 3.63) is 28.9 Å². The highest BCUT2D eigenvalue weighted by atomic mass is 79.9. The minimum absolute atomic E-state index is 0.633. The fourth-order valence-electron chi connectivity index (χ4n) is 3.48. The van der Waals surface area contributed by atoms with Gasteiger partial charge in [0.1, 0.15) is 4.60 Å². The van der Waals surface area contributed by atoms with Crippen LogP contribution < -0.4 is 5.32 Å². The van der Waals surface area contributed by atoms with Crippen LogP contribution in [0.2, 0.25) is 0 Å². The second kappa shape index (κ2) is 5.09. The van der Waals surface area contributed by atoms with E-state index in [2.05, 4.69) is 40.5 Å². The summed E-state index contributed by atoms with van der Waals surface area (Å²) in [5.41, 5.74) is 2.10. The van der Waals surface area contributed by atoms with Crippen molar-refractivity contribution in [1.82, 2.24) is 24.6 Å². The van der Waals surface area contributed by atoms with Gasteiger partial charge < -0.3 is 10.2 Å². The topological polar surface area (TPSA) is 45.5 Å². The first-order valence-electron chi connectivity index (χ1n) is 7.23. The molecule has 2 aromatic heterocycles. The minimum atomic E-state index is 0.633. The van der Waals surface area contributed by atoms with Crippen LogP contribution in [0.15, 0.2) is 23.2 Å². The molecule has 1 atom stereocenters. The summed E-state index contributed by atoms with van der Waals surface area (Å²) in [6.45, 7) is 4.65. The van der Waals surface area contributed by atoms with Gasteiger partial charge in [-0.1, -0.05) is 0 Å². The highest BCUT2D eigenvalue weighted by Crippen LogP contribution is 2.27. The van der Waals surface area contributed by atoms with E-state index in [1.165, 1.54) is 38.2 Å². The number of nitrogens with one attached hydrogen (secondary N) is 1. The number of imidazole rings is 1. The molecule has 20 heavy (non-hydrogen) atoms. The SMILES string of the molecule is Brc1cn2c(CNC3CN4CCC3CC4)cnc2cn1. The number of piperidine rings is 3. The molecule has 0 spiro atoms. The van der Waals surface area contributed by atoms with E-state index in [4.69, 9.17) is 0 Å². The van der Waals surface area contributed by atoms with Crippen LogP contribution >= 0.6 is 15.9 Å². The molecule has 0 radical (unpaired) electrons. The fraction of sp³-hybridized carbons (Fsp3) is 0.571. The van der Waals surface area contributed by atoms with Gasteiger partial charge in [0.2, 0.25) is 0 Å². The Morgan fingerprint density at radius 2 is 2.10 bits per heavy atom. The molecule has 0 aliphatic carbocycles. The number of nitrogens with zero attached hydrogens (tertiary/aromatic N) is 4. The van der Waals surface area contributed by atoms with E-state index >= 15 is 0 Å². The molecule has 1 N–H and O–H groups in total. The monoisotopic (exact) mass is 335 g/mol. The standard InChI is InChI=1S/C14H18BrN5/c15-13-9-20-11(6-18-14(20)7-17-13)5-16-12-8-19-3-1-10(12)2-4-19/h6-7,9-10,12,16H,1-5,8H2. The molecule has 3 saturated heterocycles. The molecule has 5 heterocycles. The Morgan fingerprint density at radius 3 is 2.85 bits per heavy atom. The second-order valence-corrected chi connectivity index (χ2v) is 6.63. The van der Waals surface area contributed by atoms with E-state index in [1.807, 2.05) is 12.4 Å². The molecule has 0 saturated carbocycles. The minimum Gasteiger partial charge on any atom is -0.307 e. The lowest BCUT2D eigenvalue weighted by atomic mass is 9.84. The third kappa shape index (κ3) is 2.25. The molecule has 2 bridgehead atoms. The summed E-state index contributed by atoms with van der Waals surface area (Å²) < 4.78 is 2.94. The van der Waals surface area contributed by atoms with Crippen LogP contribution in [0.25, 0.3) is 5.65 Å². The predicted octanol–water partition coefficient (Wildman–Crippen LogP) is 1.68. The van der Waals surface area contributed by atoms with Crippen LogP contribution in [-0.4, -0.2) is 44.9 Å². The Bertz CT molecular complexity index is 617. The zero-order valence-corrected chi connectivity index (χ0v) is 12.9. The average Bonchev–Trinajstić information content (AvgIpc) is 2.88. The maximum atomic E-state index is 4.40. The largest absolute Gasteiger partial charge is 0.307 e. The van der Waals surface area contributed by atoms with Gasteiger partial charge in [-0.3, -0.25) is 4.40 Å². The maximum Gasteiger partial charge on any atom is 0.155 e. The average molecular weight is 336 g/mol. The second-order valence-electron chi connectivity index (χ2n) is 5.81. The normalized spacial score (nSPS) is 29.1. The van der Waals surface area contributed by atoms with Crippen molar-refractivity contribution in [2.24, 2.45) is 5.92 Å². The Labute approximate surface area is 126 Å². The Kier molecular flexibility index (Phi) is 3.24. The molecule has 0 amide bonds. The van der Waals surface area contributed by atoms with Gasteiger partial charge in [0, 0.05) is 25.3 Å². The molecule has 1 unspecified atom stereocenters. The Hall–Kier alpha value is -0.980. The summed E-state index contributed by atoms with van der Waals surface area (Å²) in [7, 11) is 0. The molecule has 3 aliphatic heterocycles. The number of fused-ring (bicyclic) bond motifs is 4. The van der Waals surface area contributed by atoms with E-state index in [0.29, 0.717) is 6.04 Å². The number of hydrogen-bond acceptors (Lipinski definition) is 4. The molecule has 5 nitrogen and oxygen atoms in total. The molecule has 5 rings (SSSR count). The third-order valence-electron chi connectivity index (χ3n) is 4.64. The van der Waals surface area contributed by atoms with Crippen molar-refractivity contribution in [3.8, 4) is 0 Å². The fourth-order valence-corrected chi connectivity index (χ4v) is 3.79. The highest BCUT2D eigenvalue weighted by Gasteiger charge is 2.33. The zero-order valence-electron chi connectivity index (χ0n) is 11.3. The van der Waals surface area contributed by atoms with Crippen molar-refractivity contribution in [2.75, 3.05) is 19.6 Å². The van der Waals surface area contributed by atoms with Gasteiger partial charge >= 0.3 is 0 Å². The Morgan fingerprint density at radius 1 is 1.25 bits per heavy atom. The van der Waals surface area contributed by atoms with E-state index in [-0.39, 0.29) is 0 Å². The first-order chi connectivity index (χ1) is 9.79. The molecule has 3 aliphatic rings. The summed E-state index contributed by atoms with van der Waals surface area (Å²) in [5.74, 6) is 0.854. The maximum absolute atomic E-state index is 4.40. The first-order valence-corrected chi connectivity index (χ1v) is 8.02. The lowest BCUT2D eigenvalue weighted by molar-refractivity contribution is 0.0718. The lowest BCUT2D eigenvalue weighted by Crippen LogP contribution is -2.55. The summed E-state index contributed by atoms with van der Waals surface area (Å²) >= 11 is 3.42. The van der Waals surface area contributed by atoms with Crippen molar-refractivity contribution in [3.63, 3.8) is 0 Å². The highest BCUT2D eigenvalue weighted by molar-refractivity contribution is 9.10. The summed E-state index contributed by atoms with van der Waals surface area (Å²) in [5, 5.41) is 3.73. The van der Waals surface area contributed by atoms with Crippen LogP contribution in [0, 0.1) is 5.92 Å². The number of aromatic nitrogens is 3. The van der Waals surface area contributed by atoms with Crippen LogP contribution in [0.3, 0.4) is 0 Å². The van der Waals surface area contributed by atoms with Crippen molar-refractivity contribution in [2.45, 2.75) is 25.4 Å². The van der Waals surface area contributed by atoms with Gasteiger partial charge in [-0.25, -0.2) is 9.97 Å². The molecule has 6 heteroatoms. The number of hydrogen-bond donors (Lipinski definition) is 1. The van der Waals surface area contributed by atoms with Crippen molar-refractivity contribution < 1.29 is 0 Å². The van der Waals surface area contributed by atoms with Crippen molar-refractivity contribution >= 4 is 21.6 Å². The summed E-state index contributed by atoms with van der Waals surface area (Å²) in [6.07, 6.45) is 8.41. The molecule has 106 valence electrons. The van der Waals surface area contributed by atoms with Crippen LogP contribution in [0.1, 0.15) is 18.5 Å². The van der Waals surface area contributed by atoms with Crippen molar-refractivity contribution in [1.29, 1.82) is 0 Å². The van der Waals surface area contributed by atoms with E-state index in [9.17, 15) is 0 Å². The van der Waals surface area contributed by atoms with Gasteiger partial charge in [-0.15, -0.1) is 0 Å². The van der Waals surface area contributed by atoms with Crippen LogP contribution in [0.4, 0.5) is 0 Å². The molecular formula is C14H18BrN5. The van der Waals surface area contributed by atoms with Crippen LogP contribution in [0.5, 0.6) is 0 Å².